The highest BCUT2D eigenvalue weighted by Crippen LogP contribution is 2.45. The van der Waals surface area contributed by atoms with Gasteiger partial charge in [0, 0.05) is 31.0 Å². The summed E-state index contributed by atoms with van der Waals surface area (Å²) in [5.74, 6) is -0.716. The molecule has 176 valence electrons. The van der Waals surface area contributed by atoms with Crippen molar-refractivity contribution in [1.82, 2.24) is 14.8 Å². The van der Waals surface area contributed by atoms with Crippen molar-refractivity contribution in [3.63, 3.8) is 0 Å². The second kappa shape index (κ2) is 9.12. The highest BCUT2D eigenvalue weighted by molar-refractivity contribution is 7.18. The van der Waals surface area contributed by atoms with Crippen LogP contribution in [0.4, 0.5) is 0 Å². The van der Waals surface area contributed by atoms with Crippen molar-refractivity contribution in [3.05, 3.63) is 64.1 Å². The standard InChI is InChI=1S/C26H26ClN3O3S/c1-29(16-22-28-20-12-6-7-13-21(20)34-22)23(31)14-26(18-10-4-5-11-19(18)27)15-24(32)30(25(26)33)17-8-2-3-9-17/h4-7,10-13,17H,2-3,8-9,14-16H2,1H3/t26-/m1/s1. The van der Waals surface area contributed by atoms with Crippen LogP contribution in [0.15, 0.2) is 48.5 Å². The first kappa shape index (κ1) is 23.0. The van der Waals surface area contributed by atoms with Gasteiger partial charge in [-0.25, -0.2) is 4.98 Å². The first-order valence-electron chi connectivity index (χ1n) is 11.6. The van der Waals surface area contributed by atoms with Crippen LogP contribution in [0.3, 0.4) is 0 Å². The predicted octanol–water partition coefficient (Wildman–Crippen LogP) is 4.94. The number of hydrogen-bond donors (Lipinski definition) is 0. The number of carbonyl (C=O) groups excluding carboxylic acids is 3. The molecule has 0 radical (unpaired) electrons. The fourth-order valence-electron chi connectivity index (χ4n) is 5.26. The van der Waals surface area contributed by atoms with Gasteiger partial charge in [-0.3, -0.25) is 19.3 Å². The molecule has 1 aliphatic carbocycles. The minimum Gasteiger partial charge on any atom is -0.339 e. The third-order valence-corrected chi connectivity index (χ3v) is 8.37. The van der Waals surface area contributed by atoms with E-state index in [0.29, 0.717) is 17.1 Å². The Morgan fingerprint density at radius 1 is 1.15 bits per heavy atom. The number of aromatic nitrogens is 1. The molecule has 1 aromatic heterocycles. The Hall–Kier alpha value is -2.77. The number of halogens is 1. The molecule has 3 aromatic rings. The number of hydrogen-bond acceptors (Lipinski definition) is 5. The first-order chi connectivity index (χ1) is 16.4. The lowest BCUT2D eigenvalue weighted by Gasteiger charge is -2.31. The second-order valence-electron chi connectivity index (χ2n) is 9.25. The third kappa shape index (κ3) is 4.01. The molecule has 6 nitrogen and oxygen atoms in total. The summed E-state index contributed by atoms with van der Waals surface area (Å²) in [5, 5.41) is 1.23. The molecule has 1 aliphatic heterocycles. The van der Waals surface area contributed by atoms with E-state index in [-0.39, 0.29) is 36.6 Å². The fourth-order valence-corrected chi connectivity index (χ4v) is 6.60. The van der Waals surface area contributed by atoms with Gasteiger partial charge in [-0.15, -0.1) is 11.3 Å². The van der Waals surface area contributed by atoms with Crippen molar-refractivity contribution >= 4 is 50.9 Å². The molecule has 8 heteroatoms. The number of likely N-dealkylation sites (tertiary alicyclic amines) is 1. The molecule has 2 heterocycles. The average molecular weight is 496 g/mol. The number of amides is 3. The molecule has 2 aromatic carbocycles. The normalized spacial score (nSPS) is 21.1. The number of rotatable bonds is 6. The summed E-state index contributed by atoms with van der Waals surface area (Å²) in [5.41, 5.74) is 0.175. The molecule has 0 spiro atoms. The van der Waals surface area contributed by atoms with E-state index < -0.39 is 5.41 Å². The number of carbonyl (C=O) groups is 3. The van der Waals surface area contributed by atoms with E-state index in [4.69, 9.17) is 11.6 Å². The number of imide groups is 1. The molecule has 2 fully saturated rings. The van der Waals surface area contributed by atoms with Gasteiger partial charge in [0.15, 0.2) is 0 Å². The summed E-state index contributed by atoms with van der Waals surface area (Å²) in [6, 6.07) is 14.8. The summed E-state index contributed by atoms with van der Waals surface area (Å²) >= 11 is 8.08. The summed E-state index contributed by atoms with van der Waals surface area (Å²) in [4.78, 5) is 48.1. The summed E-state index contributed by atoms with van der Waals surface area (Å²) < 4.78 is 1.06. The van der Waals surface area contributed by atoms with E-state index in [1.54, 1.807) is 47.5 Å². The first-order valence-corrected chi connectivity index (χ1v) is 12.8. The van der Waals surface area contributed by atoms with Crippen LogP contribution in [-0.4, -0.2) is 45.6 Å². The van der Waals surface area contributed by atoms with Gasteiger partial charge < -0.3 is 4.90 Å². The van der Waals surface area contributed by atoms with Crippen molar-refractivity contribution in [2.45, 2.75) is 56.5 Å². The van der Waals surface area contributed by atoms with Crippen molar-refractivity contribution < 1.29 is 14.4 Å². The van der Waals surface area contributed by atoms with Crippen LogP contribution in [0.5, 0.6) is 0 Å². The number of fused-ring (bicyclic) bond motifs is 1. The van der Waals surface area contributed by atoms with E-state index in [0.717, 1.165) is 40.9 Å². The molecule has 1 saturated heterocycles. The molecule has 34 heavy (non-hydrogen) atoms. The molecule has 5 rings (SSSR count). The Labute approximate surface area is 207 Å². The molecule has 1 atom stereocenters. The Balaban J connectivity index is 1.44. The van der Waals surface area contributed by atoms with Crippen LogP contribution in [0.1, 0.15) is 49.1 Å². The minimum absolute atomic E-state index is 0.0349. The maximum Gasteiger partial charge on any atom is 0.241 e. The number of thiazole rings is 1. The maximum atomic E-state index is 13.9. The molecular weight excluding hydrogens is 470 g/mol. The largest absolute Gasteiger partial charge is 0.339 e. The van der Waals surface area contributed by atoms with Gasteiger partial charge in [0.1, 0.15) is 5.01 Å². The van der Waals surface area contributed by atoms with E-state index >= 15 is 0 Å². The van der Waals surface area contributed by atoms with Crippen molar-refractivity contribution in [3.8, 4) is 0 Å². The van der Waals surface area contributed by atoms with Gasteiger partial charge in [-0.2, -0.15) is 0 Å². The SMILES string of the molecule is CN(Cc1nc2ccccc2s1)C(=O)C[C@]1(c2ccccc2Cl)CC(=O)N(C2CCCC2)C1=O. The highest BCUT2D eigenvalue weighted by Gasteiger charge is 2.56. The Morgan fingerprint density at radius 2 is 1.85 bits per heavy atom. The van der Waals surface area contributed by atoms with Gasteiger partial charge in [0.25, 0.3) is 0 Å². The van der Waals surface area contributed by atoms with Crippen molar-refractivity contribution in [2.75, 3.05) is 7.05 Å². The van der Waals surface area contributed by atoms with Gasteiger partial charge in [0.2, 0.25) is 17.7 Å². The Morgan fingerprint density at radius 3 is 2.59 bits per heavy atom. The summed E-state index contributed by atoms with van der Waals surface area (Å²) in [6.07, 6.45) is 3.51. The number of benzene rings is 2. The highest BCUT2D eigenvalue weighted by atomic mass is 35.5. The zero-order chi connectivity index (χ0) is 23.9. The fraction of sp³-hybridized carbons (Fsp3) is 0.385. The quantitative estimate of drug-likeness (QED) is 0.454. The zero-order valence-corrected chi connectivity index (χ0v) is 20.6. The summed E-state index contributed by atoms with van der Waals surface area (Å²) in [6.45, 7) is 0.339. The van der Waals surface area contributed by atoms with Crippen LogP contribution in [-0.2, 0) is 26.3 Å². The van der Waals surface area contributed by atoms with Gasteiger partial charge >= 0.3 is 0 Å². The van der Waals surface area contributed by atoms with E-state index in [9.17, 15) is 14.4 Å². The lowest BCUT2D eigenvalue weighted by molar-refractivity contribution is -0.144. The van der Waals surface area contributed by atoms with Crippen LogP contribution in [0.25, 0.3) is 10.2 Å². The minimum atomic E-state index is -1.28. The molecule has 0 N–H and O–H groups in total. The topological polar surface area (TPSA) is 70.6 Å². The molecule has 2 aliphatic rings. The van der Waals surface area contributed by atoms with E-state index in [1.165, 1.54) is 4.90 Å². The van der Waals surface area contributed by atoms with Crippen LogP contribution in [0.2, 0.25) is 5.02 Å². The molecule has 3 amide bonds. The Kier molecular flexibility index (Phi) is 6.16. The third-order valence-electron chi connectivity index (χ3n) is 7.02. The van der Waals surface area contributed by atoms with Crippen molar-refractivity contribution in [2.24, 2.45) is 0 Å². The van der Waals surface area contributed by atoms with Gasteiger partial charge in [0.05, 0.1) is 22.2 Å². The van der Waals surface area contributed by atoms with Crippen molar-refractivity contribution in [1.29, 1.82) is 0 Å². The summed E-state index contributed by atoms with van der Waals surface area (Å²) in [7, 11) is 1.71. The smallest absolute Gasteiger partial charge is 0.241 e. The monoisotopic (exact) mass is 495 g/mol. The van der Waals surface area contributed by atoms with Gasteiger partial charge in [-0.05, 0) is 36.6 Å². The molecular formula is C26H26ClN3O3S. The van der Waals surface area contributed by atoms with E-state index in [1.807, 2.05) is 24.3 Å². The molecule has 0 bridgehead atoms. The number of nitrogens with zero attached hydrogens (tertiary/aromatic N) is 3. The maximum absolute atomic E-state index is 13.9. The number of para-hydroxylation sites is 1. The molecule has 0 unspecified atom stereocenters. The van der Waals surface area contributed by atoms with Crippen LogP contribution >= 0.6 is 22.9 Å². The van der Waals surface area contributed by atoms with E-state index in [2.05, 4.69) is 4.98 Å². The lowest BCUT2D eigenvalue weighted by atomic mass is 9.75. The van der Waals surface area contributed by atoms with Gasteiger partial charge in [-0.1, -0.05) is 54.8 Å². The predicted molar refractivity (Wildman–Crippen MR) is 133 cm³/mol. The van der Waals surface area contributed by atoms with Crippen LogP contribution < -0.4 is 0 Å². The lowest BCUT2D eigenvalue weighted by Crippen LogP contribution is -2.45. The Bertz CT molecular complexity index is 1240. The molecule has 1 saturated carbocycles. The zero-order valence-electron chi connectivity index (χ0n) is 19.0. The van der Waals surface area contributed by atoms with Crippen LogP contribution in [0, 0.1) is 0 Å². The average Bonchev–Trinajstić information content (AvgIpc) is 3.53. The second-order valence-corrected chi connectivity index (χ2v) is 10.8.